The molecule has 0 amide bonds. The van der Waals surface area contributed by atoms with Gasteiger partial charge in [-0.05, 0) is 27.6 Å². The van der Waals surface area contributed by atoms with E-state index in [2.05, 4.69) is 30.4 Å². The summed E-state index contributed by atoms with van der Waals surface area (Å²) in [5.41, 5.74) is 0.608. The lowest BCUT2D eigenvalue weighted by molar-refractivity contribution is -0.149. The number of rotatable bonds is 4. The van der Waals surface area contributed by atoms with E-state index >= 15 is 0 Å². The van der Waals surface area contributed by atoms with E-state index < -0.39 is 17.9 Å². The Kier molecular flexibility index (Phi) is 5.09. The summed E-state index contributed by atoms with van der Waals surface area (Å²) in [7, 11) is 2.55. The number of hydrogen-bond acceptors (Lipinski definition) is 5. The van der Waals surface area contributed by atoms with Crippen molar-refractivity contribution >= 4 is 27.9 Å². The van der Waals surface area contributed by atoms with E-state index in [9.17, 15) is 9.59 Å². The molecule has 0 aromatic carbocycles. The lowest BCUT2D eigenvalue weighted by atomic mass is 9.97. The average Bonchev–Trinajstić information content (AvgIpc) is 2.34. The van der Waals surface area contributed by atoms with Gasteiger partial charge in [-0.15, -0.1) is 0 Å². The van der Waals surface area contributed by atoms with Gasteiger partial charge in [-0.1, -0.05) is 0 Å². The first-order valence-corrected chi connectivity index (χ1v) is 5.63. The van der Waals surface area contributed by atoms with Crippen LogP contribution in [0, 0.1) is 0 Å². The number of esters is 2. The summed E-state index contributed by atoms with van der Waals surface area (Å²) in [6, 6.07) is 1.72. The summed E-state index contributed by atoms with van der Waals surface area (Å²) in [6.45, 7) is 0. The number of nitrogens with zero attached hydrogens (tertiary/aromatic N) is 1. The molecule has 0 radical (unpaired) electrons. The molecule has 1 aromatic rings. The minimum Gasteiger partial charge on any atom is -0.469 e. The minimum absolute atomic E-state index is 0.0681. The molecular formula is C11H12BrNO4. The molecule has 0 saturated heterocycles. The van der Waals surface area contributed by atoms with Gasteiger partial charge in [0, 0.05) is 16.9 Å². The maximum atomic E-state index is 11.6. The molecule has 1 rings (SSSR count). The van der Waals surface area contributed by atoms with Crippen LogP contribution in [0.2, 0.25) is 0 Å². The van der Waals surface area contributed by atoms with Crippen LogP contribution >= 0.6 is 15.9 Å². The van der Waals surface area contributed by atoms with Gasteiger partial charge in [-0.2, -0.15) is 0 Å². The maximum Gasteiger partial charge on any atom is 0.313 e. The molecule has 0 aliphatic heterocycles. The van der Waals surface area contributed by atoms with Crippen molar-refractivity contribution in [2.75, 3.05) is 14.2 Å². The van der Waals surface area contributed by atoms with Crippen molar-refractivity contribution in [3.8, 4) is 0 Å². The van der Waals surface area contributed by atoms with Crippen molar-refractivity contribution < 1.29 is 19.1 Å². The smallest absolute Gasteiger partial charge is 0.313 e. The predicted octanol–water partition coefficient (Wildman–Crippen LogP) is 1.66. The number of aromatic nitrogens is 1. The van der Waals surface area contributed by atoms with Gasteiger partial charge in [-0.3, -0.25) is 14.6 Å². The number of methoxy groups -OCH3 is 2. The highest BCUT2D eigenvalue weighted by Crippen LogP contribution is 2.23. The lowest BCUT2D eigenvalue weighted by Crippen LogP contribution is -2.19. The molecule has 0 aliphatic rings. The maximum absolute atomic E-state index is 11.6. The van der Waals surface area contributed by atoms with E-state index in [0.29, 0.717) is 5.56 Å². The molecule has 92 valence electrons. The molecular weight excluding hydrogens is 290 g/mol. The third-order valence-electron chi connectivity index (χ3n) is 2.21. The van der Waals surface area contributed by atoms with E-state index in [4.69, 9.17) is 0 Å². The van der Waals surface area contributed by atoms with Gasteiger partial charge in [-0.25, -0.2) is 0 Å². The van der Waals surface area contributed by atoms with Gasteiger partial charge < -0.3 is 9.47 Å². The van der Waals surface area contributed by atoms with Crippen LogP contribution in [0.1, 0.15) is 17.9 Å². The Labute approximate surface area is 107 Å². The third-order valence-corrected chi connectivity index (χ3v) is 2.65. The van der Waals surface area contributed by atoms with Crippen LogP contribution in [0.25, 0.3) is 0 Å². The van der Waals surface area contributed by atoms with E-state index in [-0.39, 0.29) is 6.42 Å². The van der Waals surface area contributed by atoms with Crippen molar-refractivity contribution in [2.24, 2.45) is 0 Å². The van der Waals surface area contributed by atoms with Gasteiger partial charge in [0.05, 0.1) is 26.6 Å². The second-order valence-electron chi connectivity index (χ2n) is 3.29. The van der Waals surface area contributed by atoms with Gasteiger partial charge in [0.2, 0.25) is 0 Å². The van der Waals surface area contributed by atoms with Crippen LogP contribution in [-0.2, 0) is 19.1 Å². The van der Waals surface area contributed by atoms with Crippen LogP contribution in [0.3, 0.4) is 0 Å². The van der Waals surface area contributed by atoms with E-state index in [1.165, 1.54) is 20.4 Å². The lowest BCUT2D eigenvalue weighted by Gasteiger charge is -2.13. The quantitative estimate of drug-likeness (QED) is 0.791. The first kappa shape index (κ1) is 13.6. The van der Waals surface area contributed by atoms with Crippen molar-refractivity contribution in [3.63, 3.8) is 0 Å². The fourth-order valence-electron chi connectivity index (χ4n) is 1.35. The number of pyridine rings is 1. The molecule has 1 unspecified atom stereocenters. The molecule has 0 fully saturated rings. The molecule has 5 nitrogen and oxygen atoms in total. The van der Waals surface area contributed by atoms with Crippen LogP contribution in [-0.4, -0.2) is 31.1 Å². The summed E-state index contributed by atoms with van der Waals surface area (Å²) in [5.74, 6) is -1.66. The molecule has 17 heavy (non-hydrogen) atoms. The fraction of sp³-hybridized carbons (Fsp3) is 0.364. The highest BCUT2D eigenvalue weighted by atomic mass is 79.9. The summed E-state index contributed by atoms with van der Waals surface area (Å²) >= 11 is 3.25. The summed E-state index contributed by atoms with van der Waals surface area (Å²) in [6.07, 6.45) is 3.05. The molecule has 1 heterocycles. The van der Waals surface area contributed by atoms with Gasteiger partial charge in [0.1, 0.15) is 0 Å². The van der Waals surface area contributed by atoms with Crippen molar-refractivity contribution in [2.45, 2.75) is 12.3 Å². The predicted molar refractivity (Wildman–Crippen MR) is 63.3 cm³/mol. The Hall–Kier alpha value is -1.43. The summed E-state index contributed by atoms with van der Waals surface area (Å²) < 4.78 is 9.94. The van der Waals surface area contributed by atoms with Crippen LogP contribution in [0.4, 0.5) is 0 Å². The molecule has 0 aliphatic carbocycles. The average molecular weight is 302 g/mol. The fourth-order valence-corrected chi connectivity index (χ4v) is 1.73. The summed E-state index contributed by atoms with van der Waals surface area (Å²) in [5, 5.41) is 0. The number of carbonyl (C=O) groups is 2. The third kappa shape index (κ3) is 3.81. The molecule has 0 saturated carbocycles. The Morgan fingerprint density at radius 3 is 2.59 bits per heavy atom. The Morgan fingerprint density at radius 1 is 1.35 bits per heavy atom. The van der Waals surface area contributed by atoms with Gasteiger partial charge in [0.25, 0.3) is 0 Å². The van der Waals surface area contributed by atoms with Crippen LogP contribution < -0.4 is 0 Å². The highest BCUT2D eigenvalue weighted by molar-refractivity contribution is 9.10. The number of ether oxygens (including phenoxy) is 2. The molecule has 0 spiro atoms. The zero-order valence-corrected chi connectivity index (χ0v) is 11.1. The molecule has 6 heteroatoms. The monoisotopic (exact) mass is 301 g/mol. The van der Waals surface area contributed by atoms with Crippen molar-refractivity contribution in [1.29, 1.82) is 0 Å². The Morgan fingerprint density at radius 2 is 2.06 bits per heavy atom. The van der Waals surface area contributed by atoms with E-state index in [1.54, 1.807) is 12.3 Å². The van der Waals surface area contributed by atoms with Crippen molar-refractivity contribution in [1.82, 2.24) is 4.98 Å². The second kappa shape index (κ2) is 6.34. The van der Waals surface area contributed by atoms with E-state index in [1.807, 2.05) is 0 Å². The Bertz CT molecular complexity index is 422. The number of halogens is 1. The first-order valence-electron chi connectivity index (χ1n) is 4.83. The van der Waals surface area contributed by atoms with Crippen LogP contribution in [0.5, 0.6) is 0 Å². The first-order chi connectivity index (χ1) is 8.08. The highest BCUT2D eigenvalue weighted by Gasteiger charge is 2.25. The van der Waals surface area contributed by atoms with Crippen molar-refractivity contribution in [3.05, 3.63) is 28.5 Å². The van der Waals surface area contributed by atoms with Gasteiger partial charge >= 0.3 is 11.9 Å². The number of carbonyl (C=O) groups excluding carboxylic acids is 2. The number of hydrogen-bond donors (Lipinski definition) is 0. The second-order valence-corrected chi connectivity index (χ2v) is 4.21. The van der Waals surface area contributed by atoms with Crippen LogP contribution in [0.15, 0.2) is 22.9 Å². The molecule has 1 aromatic heterocycles. The molecule has 1 atom stereocenters. The zero-order chi connectivity index (χ0) is 12.8. The largest absolute Gasteiger partial charge is 0.469 e. The molecule has 0 N–H and O–H groups in total. The minimum atomic E-state index is -0.697. The topological polar surface area (TPSA) is 65.5 Å². The summed E-state index contributed by atoms with van der Waals surface area (Å²) in [4.78, 5) is 26.8. The SMILES string of the molecule is COC(=O)CC(C(=O)OC)c1cncc(Br)c1. The standard InChI is InChI=1S/C11H12BrNO4/c1-16-10(14)4-9(11(15)17-2)7-3-8(12)6-13-5-7/h3,5-6,9H,4H2,1-2H3. The van der Waals surface area contributed by atoms with Gasteiger partial charge in [0.15, 0.2) is 0 Å². The molecule has 0 bridgehead atoms. The normalized spacial score (nSPS) is 11.7. The Balaban J connectivity index is 2.97. The van der Waals surface area contributed by atoms with E-state index in [0.717, 1.165) is 4.47 Å². The zero-order valence-electron chi connectivity index (χ0n) is 9.47.